The van der Waals surface area contributed by atoms with E-state index < -0.39 is 11.8 Å². The van der Waals surface area contributed by atoms with Gasteiger partial charge in [0.1, 0.15) is 17.2 Å². The molecule has 1 aromatic heterocycles. The second-order valence-electron chi connectivity index (χ2n) is 4.69. The Morgan fingerprint density at radius 3 is 2.70 bits per heavy atom. The minimum absolute atomic E-state index is 0.100. The van der Waals surface area contributed by atoms with Crippen molar-refractivity contribution >= 4 is 16.9 Å². The molecule has 3 nitrogen and oxygen atoms in total. The van der Waals surface area contributed by atoms with Crippen molar-refractivity contribution < 1.29 is 18.7 Å². The van der Waals surface area contributed by atoms with Crippen LogP contribution >= 0.6 is 0 Å². The highest BCUT2D eigenvalue weighted by Gasteiger charge is 2.12. The molecule has 0 saturated carbocycles. The molecule has 0 saturated heterocycles. The Labute approximate surface area is 114 Å². The first-order valence-electron chi connectivity index (χ1n) is 6.07. The van der Waals surface area contributed by atoms with Crippen LogP contribution in [0.2, 0.25) is 0 Å². The Morgan fingerprint density at radius 2 is 1.95 bits per heavy atom. The molecule has 0 aliphatic heterocycles. The Bertz CT molecular complexity index is 818. The summed E-state index contributed by atoms with van der Waals surface area (Å²) in [5, 5.41) is 9.86. The van der Waals surface area contributed by atoms with Crippen LogP contribution in [0.4, 0.5) is 4.39 Å². The largest absolute Gasteiger partial charge is 0.478 e. The first-order chi connectivity index (χ1) is 9.52. The number of halogens is 1. The number of carbonyl (C=O) groups is 1. The van der Waals surface area contributed by atoms with Crippen LogP contribution in [0, 0.1) is 12.7 Å². The zero-order valence-electron chi connectivity index (χ0n) is 10.7. The molecule has 4 heteroatoms. The second kappa shape index (κ2) is 4.49. The van der Waals surface area contributed by atoms with Crippen LogP contribution in [0.5, 0.6) is 0 Å². The third-order valence-electron chi connectivity index (χ3n) is 3.10. The molecule has 3 rings (SSSR count). The lowest BCUT2D eigenvalue weighted by atomic mass is 10.1. The van der Waals surface area contributed by atoms with Gasteiger partial charge in [-0.1, -0.05) is 11.6 Å². The van der Waals surface area contributed by atoms with E-state index in [1.165, 1.54) is 12.1 Å². The van der Waals surface area contributed by atoms with Gasteiger partial charge in [0.05, 0.1) is 5.56 Å². The van der Waals surface area contributed by atoms with Gasteiger partial charge in [0.15, 0.2) is 0 Å². The van der Waals surface area contributed by atoms with Gasteiger partial charge < -0.3 is 9.52 Å². The molecule has 100 valence electrons. The minimum atomic E-state index is -1.17. The Hall–Kier alpha value is -2.62. The maximum atomic E-state index is 13.5. The van der Waals surface area contributed by atoms with E-state index in [4.69, 9.17) is 9.52 Å². The van der Waals surface area contributed by atoms with Gasteiger partial charge in [0.25, 0.3) is 0 Å². The molecular formula is C16H11FO3. The normalized spacial score (nSPS) is 10.9. The number of hydrogen-bond donors (Lipinski definition) is 1. The van der Waals surface area contributed by atoms with Gasteiger partial charge in [-0.15, -0.1) is 0 Å². The van der Waals surface area contributed by atoms with Gasteiger partial charge in [0, 0.05) is 10.9 Å². The minimum Gasteiger partial charge on any atom is -0.478 e. The van der Waals surface area contributed by atoms with Gasteiger partial charge >= 0.3 is 5.97 Å². The summed E-state index contributed by atoms with van der Waals surface area (Å²) < 4.78 is 19.1. The first-order valence-corrected chi connectivity index (χ1v) is 6.07. The van der Waals surface area contributed by atoms with E-state index in [0.717, 1.165) is 17.0 Å². The lowest BCUT2D eigenvalue weighted by Gasteiger charge is -2.00. The van der Waals surface area contributed by atoms with Crippen LogP contribution in [0.1, 0.15) is 15.9 Å². The second-order valence-corrected chi connectivity index (χ2v) is 4.69. The number of furan rings is 1. The summed E-state index contributed by atoms with van der Waals surface area (Å²) in [6.45, 7) is 1.97. The predicted octanol–water partition coefficient (Wildman–Crippen LogP) is 4.25. The monoisotopic (exact) mass is 270 g/mol. The van der Waals surface area contributed by atoms with Crippen molar-refractivity contribution in [2.45, 2.75) is 6.92 Å². The molecule has 0 spiro atoms. The molecule has 20 heavy (non-hydrogen) atoms. The molecule has 0 atom stereocenters. The summed E-state index contributed by atoms with van der Waals surface area (Å²) in [6, 6.07) is 11.1. The zero-order chi connectivity index (χ0) is 14.3. The maximum absolute atomic E-state index is 13.5. The third kappa shape index (κ3) is 2.16. The van der Waals surface area contributed by atoms with Gasteiger partial charge in [0.2, 0.25) is 0 Å². The van der Waals surface area contributed by atoms with Crippen molar-refractivity contribution in [1.29, 1.82) is 0 Å². The van der Waals surface area contributed by atoms with E-state index in [1.807, 2.05) is 25.1 Å². The summed E-state index contributed by atoms with van der Waals surface area (Å²) in [5.74, 6) is -1.32. The van der Waals surface area contributed by atoms with Crippen molar-refractivity contribution in [2.24, 2.45) is 0 Å². The first kappa shape index (κ1) is 12.4. The average Bonchev–Trinajstić information content (AvgIpc) is 2.80. The van der Waals surface area contributed by atoms with Crippen LogP contribution in [0.15, 0.2) is 46.9 Å². The summed E-state index contributed by atoms with van der Waals surface area (Å²) >= 11 is 0. The molecule has 0 radical (unpaired) electrons. The van der Waals surface area contributed by atoms with Crippen molar-refractivity contribution in [1.82, 2.24) is 0 Å². The fraction of sp³-hybridized carbons (Fsp3) is 0.0625. The summed E-state index contributed by atoms with van der Waals surface area (Å²) in [5.41, 5.74) is 2.09. The van der Waals surface area contributed by atoms with Crippen LogP contribution in [-0.4, -0.2) is 11.1 Å². The van der Waals surface area contributed by atoms with E-state index in [9.17, 15) is 9.18 Å². The molecule has 0 aliphatic carbocycles. The highest BCUT2D eigenvalue weighted by molar-refractivity contribution is 5.90. The van der Waals surface area contributed by atoms with Gasteiger partial charge in [-0.3, -0.25) is 0 Å². The number of carboxylic acids is 1. The number of fused-ring (bicyclic) bond motifs is 1. The molecule has 0 aliphatic rings. The third-order valence-corrected chi connectivity index (χ3v) is 3.10. The van der Waals surface area contributed by atoms with Gasteiger partial charge in [-0.05, 0) is 43.3 Å². The van der Waals surface area contributed by atoms with E-state index in [2.05, 4.69) is 0 Å². The average molecular weight is 270 g/mol. The molecule has 1 N–H and O–H groups in total. The Balaban J connectivity index is 2.17. The molecule has 0 fully saturated rings. The number of rotatable bonds is 2. The van der Waals surface area contributed by atoms with Crippen molar-refractivity contribution in [3.05, 3.63) is 59.4 Å². The SMILES string of the molecule is Cc1ccc2oc(-c3cc(F)cc(C(=O)O)c3)cc2c1. The fourth-order valence-corrected chi connectivity index (χ4v) is 2.16. The molecule has 1 heterocycles. The smallest absolute Gasteiger partial charge is 0.335 e. The molecule has 3 aromatic rings. The van der Waals surface area contributed by atoms with Crippen molar-refractivity contribution in [3.63, 3.8) is 0 Å². The van der Waals surface area contributed by atoms with Gasteiger partial charge in [-0.2, -0.15) is 0 Å². The molecule has 0 bridgehead atoms. The van der Waals surface area contributed by atoms with E-state index >= 15 is 0 Å². The summed E-state index contributed by atoms with van der Waals surface area (Å²) in [7, 11) is 0. The van der Waals surface area contributed by atoms with Crippen molar-refractivity contribution in [2.75, 3.05) is 0 Å². The van der Waals surface area contributed by atoms with Crippen LogP contribution in [0.3, 0.4) is 0 Å². The number of benzene rings is 2. The number of carboxylic acid groups (broad SMARTS) is 1. The summed E-state index contributed by atoms with van der Waals surface area (Å²) in [4.78, 5) is 11.0. The highest BCUT2D eigenvalue weighted by Crippen LogP contribution is 2.29. The standard InChI is InChI=1S/C16H11FO3/c1-9-2-3-14-10(4-9)8-15(20-14)11-5-12(16(18)19)7-13(17)6-11/h2-8H,1H3,(H,18,19). The van der Waals surface area contributed by atoms with E-state index in [0.29, 0.717) is 16.9 Å². The molecule has 2 aromatic carbocycles. The van der Waals surface area contributed by atoms with Crippen LogP contribution in [0.25, 0.3) is 22.3 Å². The van der Waals surface area contributed by atoms with Crippen molar-refractivity contribution in [3.8, 4) is 11.3 Å². The maximum Gasteiger partial charge on any atom is 0.335 e. The zero-order valence-corrected chi connectivity index (χ0v) is 10.7. The number of aromatic carboxylic acids is 1. The number of aryl methyl sites for hydroxylation is 1. The Kier molecular flexibility index (Phi) is 2.79. The Morgan fingerprint density at radius 1 is 1.15 bits per heavy atom. The summed E-state index contributed by atoms with van der Waals surface area (Å²) in [6.07, 6.45) is 0. The van der Waals surface area contributed by atoms with Crippen LogP contribution < -0.4 is 0 Å². The van der Waals surface area contributed by atoms with Crippen LogP contribution in [-0.2, 0) is 0 Å². The highest BCUT2D eigenvalue weighted by atomic mass is 19.1. The van der Waals surface area contributed by atoms with Gasteiger partial charge in [-0.25, -0.2) is 9.18 Å². The topological polar surface area (TPSA) is 50.4 Å². The predicted molar refractivity (Wildman–Crippen MR) is 73.3 cm³/mol. The molecule has 0 unspecified atom stereocenters. The lowest BCUT2D eigenvalue weighted by Crippen LogP contribution is -1.97. The quantitative estimate of drug-likeness (QED) is 0.757. The van der Waals surface area contributed by atoms with E-state index in [1.54, 1.807) is 6.07 Å². The fourth-order valence-electron chi connectivity index (χ4n) is 2.16. The molecule has 0 amide bonds. The lowest BCUT2D eigenvalue weighted by molar-refractivity contribution is 0.0696. The molecular weight excluding hydrogens is 259 g/mol. The van der Waals surface area contributed by atoms with E-state index in [-0.39, 0.29) is 5.56 Å². The number of hydrogen-bond acceptors (Lipinski definition) is 2.